The molecule has 0 unspecified atom stereocenters. The van der Waals surface area contributed by atoms with Gasteiger partial charge < -0.3 is 0 Å². The number of hydrogen-bond acceptors (Lipinski definition) is 2. The smallest absolute Gasteiger partial charge is 0.207 e. The van der Waals surface area contributed by atoms with Crippen LogP contribution < -0.4 is 0 Å². The number of aryl methyl sites for hydroxylation is 1. The highest BCUT2D eigenvalue weighted by atomic mass is 32.2. The molecular weight excluding hydrogens is 306 g/mol. The molecule has 3 rings (SSSR count). The van der Waals surface area contributed by atoms with E-state index in [1.165, 1.54) is 0 Å². The highest BCUT2D eigenvalue weighted by Gasteiger charge is 2.33. The van der Waals surface area contributed by atoms with E-state index < -0.39 is 10.0 Å². The van der Waals surface area contributed by atoms with Crippen molar-refractivity contribution < 1.29 is 8.42 Å². The van der Waals surface area contributed by atoms with Gasteiger partial charge in [-0.1, -0.05) is 60.2 Å². The van der Waals surface area contributed by atoms with E-state index in [2.05, 4.69) is 0 Å². The quantitative estimate of drug-likeness (QED) is 0.855. The molecule has 0 N–H and O–H groups in total. The minimum atomic E-state index is -3.43. The summed E-state index contributed by atoms with van der Waals surface area (Å²) in [6.07, 6.45) is 5.78. The minimum absolute atomic E-state index is 0.0680. The van der Waals surface area contributed by atoms with Gasteiger partial charge in [-0.25, -0.2) is 8.42 Å². The molecular formula is C19H21NO2S. The van der Waals surface area contributed by atoms with Gasteiger partial charge in [-0.3, -0.25) is 0 Å². The predicted molar refractivity (Wildman–Crippen MR) is 93.6 cm³/mol. The topological polar surface area (TPSA) is 37.4 Å². The van der Waals surface area contributed by atoms with Crippen LogP contribution in [-0.4, -0.2) is 25.3 Å². The molecule has 3 nitrogen and oxygen atoms in total. The zero-order chi connectivity index (χ0) is 16.3. The van der Waals surface area contributed by atoms with Gasteiger partial charge in [0, 0.05) is 12.6 Å². The van der Waals surface area contributed by atoms with E-state index in [0.29, 0.717) is 11.4 Å². The van der Waals surface area contributed by atoms with Crippen LogP contribution in [0.5, 0.6) is 0 Å². The molecule has 0 spiro atoms. The maximum atomic E-state index is 12.9. The summed E-state index contributed by atoms with van der Waals surface area (Å²) in [5.41, 5.74) is 2.15. The molecule has 4 heteroatoms. The monoisotopic (exact) mass is 327 g/mol. The van der Waals surface area contributed by atoms with Gasteiger partial charge in [0.25, 0.3) is 0 Å². The van der Waals surface area contributed by atoms with Crippen molar-refractivity contribution >= 4 is 16.1 Å². The fourth-order valence-electron chi connectivity index (χ4n) is 2.89. The fourth-order valence-corrected chi connectivity index (χ4v) is 4.54. The Labute approximate surface area is 138 Å². The SMILES string of the molecule is Cc1ccc(S(=O)(=O)N2CCC[C@H]2/C=C/c2ccccc2)cc1. The molecule has 120 valence electrons. The lowest BCUT2D eigenvalue weighted by atomic mass is 10.1. The molecule has 0 bridgehead atoms. The summed E-state index contributed by atoms with van der Waals surface area (Å²) in [6, 6.07) is 17.0. The third-order valence-corrected chi connectivity index (χ3v) is 6.12. The van der Waals surface area contributed by atoms with E-state index in [-0.39, 0.29) is 6.04 Å². The molecule has 0 saturated carbocycles. The van der Waals surface area contributed by atoms with Crippen molar-refractivity contribution in [2.75, 3.05) is 6.54 Å². The molecule has 1 atom stereocenters. The second-order valence-corrected chi connectivity index (χ2v) is 7.80. The summed E-state index contributed by atoms with van der Waals surface area (Å²) in [7, 11) is -3.43. The lowest BCUT2D eigenvalue weighted by Crippen LogP contribution is -2.34. The molecule has 2 aromatic rings. The van der Waals surface area contributed by atoms with Gasteiger partial charge in [-0.05, 0) is 37.5 Å². The summed E-state index contributed by atoms with van der Waals surface area (Å²) in [4.78, 5) is 0.378. The largest absolute Gasteiger partial charge is 0.243 e. The summed E-state index contributed by atoms with van der Waals surface area (Å²) >= 11 is 0. The molecule has 1 aliphatic heterocycles. The van der Waals surface area contributed by atoms with Crippen molar-refractivity contribution in [3.63, 3.8) is 0 Å². The maximum absolute atomic E-state index is 12.9. The summed E-state index contributed by atoms with van der Waals surface area (Å²) in [5, 5.41) is 0. The van der Waals surface area contributed by atoms with Crippen LogP contribution in [0.4, 0.5) is 0 Å². The van der Waals surface area contributed by atoms with Crippen LogP contribution in [-0.2, 0) is 10.0 Å². The molecule has 23 heavy (non-hydrogen) atoms. The first-order valence-electron chi connectivity index (χ1n) is 7.89. The normalized spacial score (nSPS) is 19.4. The van der Waals surface area contributed by atoms with Gasteiger partial charge in [-0.2, -0.15) is 4.31 Å². The number of sulfonamides is 1. The van der Waals surface area contributed by atoms with E-state index in [1.54, 1.807) is 16.4 Å². The van der Waals surface area contributed by atoms with E-state index >= 15 is 0 Å². The molecule has 1 saturated heterocycles. The predicted octanol–water partition coefficient (Wildman–Crippen LogP) is 3.86. The maximum Gasteiger partial charge on any atom is 0.243 e. The van der Waals surface area contributed by atoms with Crippen molar-refractivity contribution in [1.82, 2.24) is 4.31 Å². The Kier molecular flexibility index (Phi) is 4.64. The van der Waals surface area contributed by atoms with Crippen LogP contribution in [0.1, 0.15) is 24.0 Å². The fraction of sp³-hybridized carbons (Fsp3) is 0.263. The van der Waals surface area contributed by atoms with Crippen molar-refractivity contribution in [1.29, 1.82) is 0 Å². The summed E-state index contributed by atoms with van der Waals surface area (Å²) in [6.45, 7) is 2.54. The summed E-state index contributed by atoms with van der Waals surface area (Å²) < 4.78 is 27.3. The van der Waals surface area contributed by atoms with Crippen LogP contribution in [0.2, 0.25) is 0 Å². The van der Waals surface area contributed by atoms with Gasteiger partial charge in [0.05, 0.1) is 4.90 Å². The van der Waals surface area contributed by atoms with Crippen LogP contribution in [0.15, 0.2) is 65.6 Å². The Hall–Kier alpha value is -1.91. The van der Waals surface area contributed by atoms with Crippen LogP contribution in [0.25, 0.3) is 6.08 Å². The van der Waals surface area contributed by atoms with Gasteiger partial charge >= 0.3 is 0 Å². The Morgan fingerprint density at radius 3 is 2.43 bits per heavy atom. The first kappa shape index (κ1) is 16.0. The van der Waals surface area contributed by atoms with Gasteiger partial charge in [0.15, 0.2) is 0 Å². The zero-order valence-corrected chi connectivity index (χ0v) is 14.0. The standard InChI is InChI=1S/C19H21NO2S/c1-16-9-13-19(14-10-16)23(21,22)20-15-5-8-18(20)12-11-17-6-3-2-4-7-17/h2-4,6-7,9-14,18H,5,8,15H2,1H3/b12-11+/t18-/m0/s1. The second kappa shape index (κ2) is 6.69. The number of rotatable bonds is 4. The zero-order valence-electron chi connectivity index (χ0n) is 13.2. The molecule has 2 aromatic carbocycles. The average Bonchev–Trinajstić information content (AvgIpc) is 3.04. The van der Waals surface area contributed by atoms with Crippen molar-refractivity contribution in [3.05, 3.63) is 71.8 Å². The van der Waals surface area contributed by atoms with Crippen LogP contribution in [0, 0.1) is 6.92 Å². The minimum Gasteiger partial charge on any atom is -0.207 e. The van der Waals surface area contributed by atoms with Gasteiger partial charge in [0.2, 0.25) is 10.0 Å². The van der Waals surface area contributed by atoms with E-state index in [1.807, 2.05) is 61.5 Å². The number of hydrogen-bond donors (Lipinski definition) is 0. The molecule has 0 aromatic heterocycles. The van der Waals surface area contributed by atoms with Crippen LogP contribution in [0.3, 0.4) is 0 Å². The van der Waals surface area contributed by atoms with Crippen molar-refractivity contribution in [2.24, 2.45) is 0 Å². The molecule has 0 radical (unpaired) electrons. The number of nitrogens with zero attached hydrogens (tertiary/aromatic N) is 1. The van der Waals surface area contributed by atoms with Crippen molar-refractivity contribution in [2.45, 2.75) is 30.7 Å². The van der Waals surface area contributed by atoms with E-state index in [9.17, 15) is 8.42 Å². The van der Waals surface area contributed by atoms with E-state index in [0.717, 1.165) is 24.0 Å². The highest BCUT2D eigenvalue weighted by Crippen LogP contribution is 2.27. The van der Waals surface area contributed by atoms with Crippen LogP contribution >= 0.6 is 0 Å². The van der Waals surface area contributed by atoms with Gasteiger partial charge in [0.1, 0.15) is 0 Å². The Morgan fingerprint density at radius 2 is 1.74 bits per heavy atom. The molecule has 1 fully saturated rings. The lowest BCUT2D eigenvalue weighted by Gasteiger charge is -2.21. The first-order chi connectivity index (χ1) is 11.1. The second-order valence-electron chi connectivity index (χ2n) is 5.91. The Balaban J connectivity index is 1.83. The average molecular weight is 327 g/mol. The Morgan fingerprint density at radius 1 is 1.04 bits per heavy atom. The molecule has 1 aliphatic rings. The highest BCUT2D eigenvalue weighted by molar-refractivity contribution is 7.89. The van der Waals surface area contributed by atoms with E-state index in [4.69, 9.17) is 0 Å². The first-order valence-corrected chi connectivity index (χ1v) is 9.33. The Bertz CT molecular complexity index is 780. The summed E-state index contributed by atoms with van der Waals surface area (Å²) in [5.74, 6) is 0. The molecule has 0 aliphatic carbocycles. The molecule has 1 heterocycles. The molecule has 0 amide bonds. The lowest BCUT2D eigenvalue weighted by molar-refractivity contribution is 0.433. The number of benzene rings is 2. The van der Waals surface area contributed by atoms with Gasteiger partial charge in [-0.15, -0.1) is 0 Å². The third kappa shape index (κ3) is 3.54. The van der Waals surface area contributed by atoms with Crippen molar-refractivity contribution in [3.8, 4) is 0 Å². The third-order valence-electron chi connectivity index (χ3n) is 4.19.